The largest absolute Gasteiger partial charge is 0.494 e. The lowest BCUT2D eigenvalue weighted by Crippen LogP contribution is -2.04. The Hall–Kier alpha value is -2.01. The van der Waals surface area contributed by atoms with Crippen molar-refractivity contribution in [2.24, 2.45) is 0 Å². The van der Waals surface area contributed by atoms with Crippen molar-refractivity contribution in [1.29, 1.82) is 0 Å². The van der Waals surface area contributed by atoms with Crippen LogP contribution in [0.25, 0.3) is 5.69 Å². The van der Waals surface area contributed by atoms with Gasteiger partial charge in [-0.1, -0.05) is 11.6 Å². The van der Waals surface area contributed by atoms with E-state index in [9.17, 15) is 4.79 Å². The first-order valence-electron chi connectivity index (χ1n) is 5.62. The Kier molecular flexibility index (Phi) is 3.76. The molecule has 0 bridgehead atoms. The van der Waals surface area contributed by atoms with Gasteiger partial charge in [-0.2, -0.15) is 5.10 Å². The minimum absolute atomic E-state index is 0.0608. The van der Waals surface area contributed by atoms with E-state index in [0.717, 1.165) is 5.69 Å². The normalized spacial score (nSPS) is 10.5. The van der Waals surface area contributed by atoms with Gasteiger partial charge in [-0.05, 0) is 25.1 Å². The summed E-state index contributed by atoms with van der Waals surface area (Å²) in [4.78, 5) is 10.8. The lowest BCUT2D eigenvalue weighted by molar-refractivity contribution is -0.136. The van der Waals surface area contributed by atoms with Gasteiger partial charge in [-0.3, -0.25) is 4.79 Å². The Balaban J connectivity index is 2.50. The number of carbonyl (C=O) groups is 1. The molecule has 0 aliphatic heterocycles. The lowest BCUT2D eigenvalue weighted by atomic mass is 10.2. The number of carboxylic acids is 1. The molecular formula is C13H13ClN2O3. The van der Waals surface area contributed by atoms with E-state index in [0.29, 0.717) is 22.0 Å². The summed E-state index contributed by atoms with van der Waals surface area (Å²) in [6.07, 6.45) is 1.48. The number of nitrogens with zero attached hydrogens (tertiary/aromatic N) is 2. The van der Waals surface area contributed by atoms with Crippen LogP contribution < -0.4 is 4.74 Å². The van der Waals surface area contributed by atoms with Crippen LogP contribution >= 0.6 is 11.6 Å². The average molecular weight is 281 g/mol. The van der Waals surface area contributed by atoms with Gasteiger partial charge in [0.25, 0.3) is 0 Å². The Morgan fingerprint density at radius 1 is 1.53 bits per heavy atom. The van der Waals surface area contributed by atoms with Gasteiger partial charge < -0.3 is 9.84 Å². The quantitative estimate of drug-likeness (QED) is 0.934. The number of benzene rings is 1. The minimum Gasteiger partial charge on any atom is -0.494 e. The second-order valence-electron chi connectivity index (χ2n) is 4.05. The third kappa shape index (κ3) is 2.71. The molecule has 0 amide bonds. The maximum atomic E-state index is 10.8. The standard InChI is InChI=1S/C13H13ClN2O3/c1-8-9(5-13(17)18)7-15-16(8)11-6-10(14)3-4-12(11)19-2/h3-4,6-7H,5H2,1-2H3,(H,17,18). The SMILES string of the molecule is COc1ccc(Cl)cc1-n1ncc(CC(=O)O)c1C. The number of hydrogen-bond donors (Lipinski definition) is 1. The molecule has 1 aromatic heterocycles. The molecule has 0 saturated heterocycles. The van der Waals surface area contributed by atoms with Gasteiger partial charge in [-0.15, -0.1) is 0 Å². The van der Waals surface area contributed by atoms with E-state index >= 15 is 0 Å². The van der Waals surface area contributed by atoms with Gasteiger partial charge in [0.15, 0.2) is 0 Å². The third-order valence-electron chi connectivity index (χ3n) is 2.82. The summed E-state index contributed by atoms with van der Waals surface area (Å²) in [5.74, 6) is -0.266. The summed E-state index contributed by atoms with van der Waals surface area (Å²) in [6.45, 7) is 1.81. The van der Waals surface area contributed by atoms with Crippen LogP contribution in [-0.4, -0.2) is 28.0 Å². The summed E-state index contributed by atoms with van der Waals surface area (Å²) in [7, 11) is 1.56. The first kappa shape index (κ1) is 13.4. The zero-order valence-corrected chi connectivity index (χ0v) is 11.3. The van der Waals surface area contributed by atoms with Crippen molar-refractivity contribution >= 4 is 17.6 Å². The molecule has 0 atom stereocenters. The van der Waals surface area contributed by atoms with Gasteiger partial charge in [0.05, 0.1) is 19.7 Å². The molecule has 0 fully saturated rings. The van der Waals surface area contributed by atoms with Crippen molar-refractivity contribution < 1.29 is 14.6 Å². The molecule has 0 radical (unpaired) electrons. The molecule has 5 nitrogen and oxygen atoms in total. The fourth-order valence-electron chi connectivity index (χ4n) is 1.85. The number of hydrogen-bond acceptors (Lipinski definition) is 3. The van der Waals surface area contributed by atoms with Gasteiger partial charge in [0, 0.05) is 16.3 Å². The number of rotatable bonds is 4. The second-order valence-corrected chi connectivity index (χ2v) is 4.49. The van der Waals surface area contributed by atoms with E-state index in [1.54, 1.807) is 36.2 Å². The molecule has 0 spiro atoms. The number of aromatic nitrogens is 2. The van der Waals surface area contributed by atoms with E-state index in [1.165, 1.54) is 0 Å². The zero-order valence-electron chi connectivity index (χ0n) is 10.6. The maximum Gasteiger partial charge on any atom is 0.307 e. The third-order valence-corrected chi connectivity index (χ3v) is 3.06. The van der Waals surface area contributed by atoms with E-state index in [-0.39, 0.29) is 6.42 Å². The zero-order chi connectivity index (χ0) is 14.0. The number of methoxy groups -OCH3 is 1. The predicted octanol–water partition coefficient (Wildman–Crippen LogP) is 2.47. The molecule has 2 rings (SSSR count). The minimum atomic E-state index is -0.888. The van der Waals surface area contributed by atoms with E-state index in [2.05, 4.69) is 5.10 Å². The average Bonchev–Trinajstić information content (AvgIpc) is 2.70. The van der Waals surface area contributed by atoms with Gasteiger partial charge >= 0.3 is 5.97 Å². The lowest BCUT2D eigenvalue weighted by Gasteiger charge is -2.10. The molecule has 0 aliphatic rings. The van der Waals surface area contributed by atoms with Crippen molar-refractivity contribution in [2.75, 3.05) is 7.11 Å². The Morgan fingerprint density at radius 2 is 2.26 bits per heavy atom. The topological polar surface area (TPSA) is 64.4 Å². The van der Waals surface area contributed by atoms with Crippen LogP contribution in [0.5, 0.6) is 5.75 Å². The fraction of sp³-hybridized carbons (Fsp3) is 0.231. The van der Waals surface area contributed by atoms with Crippen LogP contribution in [0.3, 0.4) is 0 Å². The second kappa shape index (κ2) is 5.32. The van der Waals surface area contributed by atoms with Crippen molar-refractivity contribution in [2.45, 2.75) is 13.3 Å². The predicted molar refractivity (Wildman–Crippen MR) is 71.2 cm³/mol. The Bertz CT molecular complexity index is 622. The molecule has 0 aliphatic carbocycles. The summed E-state index contributed by atoms with van der Waals surface area (Å²) >= 11 is 5.98. The number of halogens is 1. The summed E-state index contributed by atoms with van der Waals surface area (Å²) in [6, 6.07) is 5.20. The highest BCUT2D eigenvalue weighted by molar-refractivity contribution is 6.30. The maximum absolute atomic E-state index is 10.8. The van der Waals surface area contributed by atoms with E-state index in [1.807, 2.05) is 6.92 Å². The van der Waals surface area contributed by atoms with Crippen LogP contribution in [0.1, 0.15) is 11.3 Å². The molecule has 1 heterocycles. The molecule has 100 valence electrons. The van der Waals surface area contributed by atoms with Crippen LogP contribution in [0.2, 0.25) is 5.02 Å². The first-order chi connectivity index (χ1) is 9.02. The molecule has 0 saturated carbocycles. The number of aliphatic carboxylic acids is 1. The number of carboxylic acid groups (broad SMARTS) is 1. The van der Waals surface area contributed by atoms with Gasteiger partial charge in [0.1, 0.15) is 11.4 Å². The monoisotopic (exact) mass is 280 g/mol. The van der Waals surface area contributed by atoms with Gasteiger partial charge in [0.2, 0.25) is 0 Å². The molecular weight excluding hydrogens is 268 g/mol. The van der Waals surface area contributed by atoms with Crippen molar-refractivity contribution in [1.82, 2.24) is 9.78 Å². The molecule has 6 heteroatoms. The molecule has 1 aromatic carbocycles. The van der Waals surface area contributed by atoms with Crippen LogP contribution in [0, 0.1) is 6.92 Å². The number of ether oxygens (including phenoxy) is 1. The smallest absolute Gasteiger partial charge is 0.307 e. The van der Waals surface area contributed by atoms with Crippen LogP contribution in [0.15, 0.2) is 24.4 Å². The first-order valence-corrected chi connectivity index (χ1v) is 6.00. The highest BCUT2D eigenvalue weighted by Gasteiger charge is 2.14. The Labute approximate surface area is 115 Å². The van der Waals surface area contributed by atoms with Crippen molar-refractivity contribution in [3.8, 4) is 11.4 Å². The van der Waals surface area contributed by atoms with Crippen molar-refractivity contribution in [3.05, 3.63) is 40.7 Å². The molecule has 2 aromatic rings. The van der Waals surface area contributed by atoms with E-state index < -0.39 is 5.97 Å². The van der Waals surface area contributed by atoms with E-state index in [4.69, 9.17) is 21.4 Å². The molecule has 1 N–H and O–H groups in total. The Morgan fingerprint density at radius 3 is 2.89 bits per heavy atom. The van der Waals surface area contributed by atoms with Gasteiger partial charge in [-0.25, -0.2) is 4.68 Å². The highest BCUT2D eigenvalue weighted by Crippen LogP contribution is 2.27. The molecule has 0 unspecified atom stereocenters. The van der Waals surface area contributed by atoms with Crippen LogP contribution in [0.4, 0.5) is 0 Å². The summed E-state index contributed by atoms with van der Waals surface area (Å²) < 4.78 is 6.89. The van der Waals surface area contributed by atoms with Crippen molar-refractivity contribution in [3.63, 3.8) is 0 Å². The highest BCUT2D eigenvalue weighted by atomic mass is 35.5. The van der Waals surface area contributed by atoms with Crippen LogP contribution in [-0.2, 0) is 11.2 Å². The summed E-state index contributed by atoms with van der Waals surface area (Å²) in [5, 5.41) is 13.6. The molecule has 19 heavy (non-hydrogen) atoms. The summed E-state index contributed by atoms with van der Waals surface area (Å²) in [5.41, 5.74) is 2.10. The fourth-order valence-corrected chi connectivity index (χ4v) is 2.02.